The molecule has 454 valence electrons. The van der Waals surface area contributed by atoms with E-state index in [0.29, 0.717) is 19.3 Å². The van der Waals surface area contributed by atoms with Crippen LogP contribution in [-0.2, 0) is 28.6 Å². The SMILES string of the molecule is CC/C=C\C/C=C\C/C=C\C/C=C\C/C=C\C/C=C\C/C=C\CCCCCCCCCCCCCC(=O)OCC(COC(=O)CCCCCCC/C=C\CCC)OC(=O)CCCCCCCCCCCCCCCCCCCC. The van der Waals surface area contributed by atoms with Gasteiger partial charge in [-0.1, -0.05) is 311 Å². The van der Waals surface area contributed by atoms with E-state index in [1.54, 1.807) is 0 Å². The summed E-state index contributed by atoms with van der Waals surface area (Å²) in [6.45, 7) is 6.49. The smallest absolute Gasteiger partial charge is 0.306 e. The first kappa shape index (κ1) is 75.3. The highest BCUT2D eigenvalue weighted by atomic mass is 16.6. The summed E-state index contributed by atoms with van der Waals surface area (Å²) in [5, 5.41) is 0. The second kappa shape index (κ2) is 66.8. The molecule has 0 aliphatic heterocycles. The summed E-state index contributed by atoms with van der Waals surface area (Å²) in [6, 6.07) is 0. The van der Waals surface area contributed by atoms with Gasteiger partial charge < -0.3 is 14.2 Å². The molecule has 0 saturated carbocycles. The van der Waals surface area contributed by atoms with E-state index >= 15 is 0 Å². The van der Waals surface area contributed by atoms with Gasteiger partial charge in [0.1, 0.15) is 13.2 Å². The Kier molecular flexibility index (Phi) is 63.7. The van der Waals surface area contributed by atoms with Gasteiger partial charge in [0, 0.05) is 19.3 Å². The molecule has 0 rings (SSSR count). The molecule has 0 aliphatic rings. The Balaban J connectivity index is 4.16. The third-order valence-electron chi connectivity index (χ3n) is 14.6. The van der Waals surface area contributed by atoms with Crippen LogP contribution in [0.5, 0.6) is 0 Å². The number of hydrogen-bond acceptors (Lipinski definition) is 6. The Hall–Kier alpha value is -3.67. The monoisotopic (exact) mass is 1100 g/mol. The lowest BCUT2D eigenvalue weighted by molar-refractivity contribution is -0.167. The zero-order valence-electron chi connectivity index (χ0n) is 52.1. The van der Waals surface area contributed by atoms with E-state index in [1.807, 2.05) is 0 Å². The Labute approximate surface area is 489 Å². The van der Waals surface area contributed by atoms with Gasteiger partial charge in [-0.3, -0.25) is 14.4 Å². The average molecular weight is 1100 g/mol. The predicted molar refractivity (Wildman–Crippen MR) is 344 cm³/mol. The van der Waals surface area contributed by atoms with Crippen LogP contribution in [0, 0.1) is 0 Å². The lowest BCUT2D eigenvalue weighted by atomic mass is 10.0. The van der Waals surface area contributed by atoms with Crippen molar-refractivity contribution in [1.29, 1.82) is 0 Å². The molecule has 0 aromatic carbocycles. The number of ether oxygens (including phenoxy) is 3. The van der Waals surface area contributed by atoms with Crippen molar-refractivity contribution in [3.05, 3.63) is 97.2 Å². The van der Waals surface area contributed by atoms with E-state index in [9.17, 15) is 14.4 Å². The number of carbonyl (C=O) groups excluding carboxylic acids is 3. The molecular formula is C73H126O6. The average Bonchev–Trinajstić information content (AvgIpc) is 3.45. The first-order valence-electron chi connectivity index (χ1n) is 33.7. The molecule has 0 aliphatic carbocycles. The molecule has 0 spiro atoms. The van der Waals surface area contributed by atoms with Crippen molar-refractivity contribution >= 4 is 17.9 Å². The van der Waals surface area contributed by atoms with E-state index in [0.717, 1.165) is 116 Å². The lowest BCUT2D eigenvalue weighted by Crippen LogP contribution is -2.30. The maximum absolute atomic E-state index is 12.9. The maximum atomic E-state index is 12.9. The van der Waals surface area contributed by atoms with Gasteiger partial charge in [0.15, 0.2) is 6.10 Å². The van der Waals surface area contributed by atoms with Gasteiger partial charge >= 0.3 is 17.9 Å². The van der Waals surface area contributed by atoms with Crippen molar-refractivity contribution in [2.24, 2.45) is 0 Å². The van der Waals surface area contributed by atoms with E-state index < -0.39 is 6.10 Å². The second-order valence-electron chi connectivity index (χ2n) is 22.4. The highest BCUT2D eigenvalue weighted by molar-refractivity contribution is 5.71. The van der Waals surface area contributed by atoms with Crippen molar-refractivity contribution < 1.29 is 28.6 Å². The van der Waals surface area contributed by atoms with E-state index in [4.69, 9.17) is 14.2 Å². The minimum atomic E-state index is -0.779. The maximum Gasteiger partial charge on any atom is 0.306 e. The first-order valence-corrected chi connectivity index (χ1v) is 33.7. The third-order valence-corrected chi connectivity index (χ3v) is 14.6. The number of rotatable bonds is 61. The molecule has 0 N–H and O–H groups in total. The van der Waals surface area contributed by atoms with Crippen LogP contribution in [-0.4, -0.2) is 37.2 Å². The summed E-state index contributed by atoms with van der Waals surface area (Å²) < 4.78 is 16.9. The van der Waals surface area contributed by atoms with Gasteiger partial charge in [-0.05, 0) is 96.3 Å². The number of hydrogen-bond donors (Lipinski definition) is 0. The third kappa shape index (κ3) is 65.0. The zero-order chi connectivity index (χ0) is 57.1. The molecule has 6 nitrogen and oxygen atoms in total. The molecule has 0 amide bonds. The van der Waals surface area contributed by atoms with Crippen LogP contribution in [0.1, 0.15) is 329 Å². The Bertz CT molecular complexity index is 1540. The van der Waals surface area contributed by atoms with Crippen LogP contribution in [0.3, 0.4) is 0 Å². The van der Waals surface area contributed by atoms with Crippen LogP contribution >= 0.6 is 0 Å². The van der Waals surface area contributed by atoms with Crippen LogP contribution in [0.4, 0.5) is 0 Å². The topological polar surface area (TPSA) is 78.9 Å². The summed E-state index contributed by atoms with van der Waals surface area (Å²) in [4.78, 5) is 38.2. The minimum absolute atomic E-state index is 0.0779. The van der Waals surface area contributed by atoms with Gasteiger partial charge in [0.05, 0.1) is 0 Å². The summed E-state index contributed by atoms with van der Waals surface area (Å²) in [6.07, 6.45) is 90.1. The van der Waals surface area contributed by atoms with E-state index in [1.165, 1.54) is 173 Å². The Morgan fingerprint density at radius 3 is 0.835 bits per heavy atom. The zero-order valence-corrected chi connectivity index (χ0v) is 52.1. The molecule has 0 aromatic rings. The largest absolute Gasteiger partial charge is 0.462 e. The molecule has 1 atom stereocenters. The van der Waals surface area contributed by atoms with Gasteiger partial charge in [0.2, 0.25) is 0 Å². The van der Waals surface area contributed by atoms with Crippen molar-refractivity contribution in [1.82, 2.24) is 0 Å². The normalized spacial score (nSPS) is 12.7. The number of unbranched alkanes of at least 4 members (excludes halogenated alkanes) is 34. The predicted octanol–water partition coefficient (Wildman–Crippen LogP) is 23.2. The standard InChI is InChI=1S/C73H126O6/c1-4-7-10-13-16-19-22-24-26-28-30-31-32-33-34-35-36-37-38-39-40-41-42-43-44-46-47-49-51-54-57-60-63-66-72(75)78-69-70(68-77-71(74)65-62-59-56-53-21-18-15-12-9-6-3)79-73(76)67-64-61-58-55-52-50-48-45-29-27-25-23-20-17-14-11-8-5-2/h7,10,12,15-16,19,24,26,30-31,33-34,36-37,39-40,70H,4-6,8-9,11,13-14,17-18,20-23,25,27-29,32,35,38,41-69H2,1-3H3/b10-7-,15-12-,19-16-,26-24-,31-30-,34-33-,37-36-,40-39-. The van der Waals surface area contributed by atoms with E-state index in [-0.39, 0.29) is 31.1 Å². The minimum Gasteiger partial charge on any atom is -0.462 e. The lowest BCUT2D eigenvalue weighted by Gasteiger charge is -2.18. The molecule has 0 fully saturated rings. The molecule has 0 heterocycles. The quantitative estimate of drug-likeness (QED) is 0.0261. The summed E-state index contributed by atoms with van der Waals surface area (Å²) >= 11 is 0. The fraction of sp³-hybridized carbons (Fsp3) is 0.740. The van der Waals surface area contributed by atoms with Gasteiger partial charge in [-0.15, -0.1) is 0 Å². The van der Waals surface area contributed by atoms with Crippen molar-refractivity contribution in [3.63, 3.8) is 0 Å². The Morgan fingerprint density at radius 1 is 0.266 bits per heavy atom. The fourth-order valence-electron chi connectivity index (χ4n) is 9.55. The molecule has 6 heteroatoms. The number of carbonyl (C=O) groups is 3. The molecule has 79 heavy (non-hydrogen) atoms. The highest BCUT2D eigenvalue weighted by Gasteiger charge is 2.19. The van der Waals surface area contributed by atoms with Crippen molar-refractivity contribution in [2.75, 3.05) is 13.2 Å². The van der Waals surface area contributed by atoms with Gasteiger partial charge in [0.25, 0.3) is 0 Å². The van der Waals surface area contributed by atoms with Crippen molar-refractivity contribution in [2.45, 2.75) is 335 Å². The Morgan fingerprint density at radius 2 is 0.519 bits per heavy atom. The molecule has 1 unspecified atom stereocenters. The number of esters is 3. The summed E-state index contributed by atoms with van der Waals surface area (Å²) in [5.74, 6) is -0.877. The first-order chi connectivity index (χ1) is 39.0. The fourth-order valence-corrected chi connectivity index (χ4v) is 9.55. The highest BCUT2D eigenvalue weighted by Crippen LogP contribution is 2.17. The molecule has 0 aromatic heterocycles. The molecule has 0 saturated heterocycles. The summed E-state index contributed by atoms with van der Waals surface area (Å²) in [5.41, 5.74) is 0. The van der Waals surface area contributed by atoms with Crippen LogP contribution in [0.25, 0.3) is 0 Å². The van der Waals surface area contributed by atoms with Gasteiger partial charge in [-0.2, -0.15) is 0 Å². The van der Waals surface area contributed by atoms with Crippen LogP contribution in [0.15, 0.2) is 97.2 Å². The molecular weight excluding hydrogens is 973 g/mol. The van der Waals surface area contributed by atoms with E-state index in [2.05, 4.69) is 118 Å². The van der Waals surface area contributed by atoms with Gasteiger partial charge in [-0.25, -0.2) is 0 Å². The van der Waals surface area contributed by atoms with Crippen molar-refractivity contribution in [3.8, 4) is 0 Å². The van der Waals surface area contributed by atoms with Crippen LogP contribution in [0.2, 0.25) is 0 Å². The second-order valence-corrected chi connectivity index (χ2v) is 22.4. The number of allylic oxidation sites excluding steroid dienone is 16. The molecule has 0 bridgehead atoms. The molecule has 0 radical (unpaired) electrons. The van der Waals surface area contributed by atoms with Crippen LogP contribution < -0.4 is 0 Å². The summed E-state index contributed by atoms with van der Waals surface area (Å²) in [7, 11) is 0.